The lowest BCUT2D eigenvalue weighted by atomic mass is 10.1. The highest BCUT2D eigenvalue weighted by molar-refractivity contribution is 5.81. The van der Waals surface area contributed by atoms with Crippen LogP contribution in [0.15, 0.2) is 46.1 Å². The largest absolute Gasteiger partial charge is 0.463 e. The van der Waals surface area contributed by atoms with Gasteiger partial charge in [0.15, 0.2) is 18.4 Å². The number of carbonyl (C=O) groups excluding carboxylic acids is 3. The highest BCUT2D eigenvalue weighted by Gasteiger charge is 2.51. The SMILES string of the molecule is CC(=O)OC[C@H]1O[C@@H](n2ccc(=O)n(Cc3nn(C)c4ccccc34)c2=O)C(OC(C)=O)C1OC(C)=O. The Morgan fingerprint density at radius 3 is 2.32 bits per heavy atom. The molecule has 3 aromatic rings. The molecule has 2 aromatic heterocycles. The van der Waals surface area contributed by atoms with Gasteiger partial charge in [0.05, 0.1) is 17.8 Å². The molecule has 0 N–H and O–H groups in total. The highest BCUT2D eigenvalue weighted by Crippen LogP contribution is 2.33. The number of hydrogen-bond donors (Lipinski definition) is 0. The number of esters is 3. The lowest BCUT2D eigenvalue weighted by molar-refractivity contribution is -0.166. The van der Waals surface area contributed by atoms with Crippen LogP contribution in [-0.4, -0.2) is 61.7 Å². The molecule has 37 heavy (non-hydrogen) atoms. The van der Waals surface area contributed by atoms with Gasteiger partial charge in [-0.3, -0.25) is 33.0 Å². The third kappa shape index (κ3) is 5.31. The number of rotatable bonds is 7. The summed E-state index contributed by atoms with van der Waals surface area (Å²) in [5, 5.41) is 5.22. The average molecular weight is 514 g/mol. The Balaban J connectivity index is 1.75. The van der Waals surface area contributed by atoms with Crippen molar-refractivity contribution in [2.24, 2.45) is 7.05 Å². The number of benzene rings is 1. The van der Waals surface area contributed by atoms with E-state index in [4.69, 9.17) is 18.9 Å². The minimum atomic E-state index is -1.28. The van der Waals surface area contributed by atoms with E-state index in [0.29, 0.717) is 5.69 Å². The topological polar surface area (TPSA) is 150 Å². The van der Waals surface area contributed by atoms with Gasteiger partial charge >= 0.3 is 23.6 Å². The van der Waals surface area contributed by atoms with Crippen molar-refractivity contribution in [1.29, 1.82) is 0 Å². The molecule has 0 spiro atoms. The first-order chi connectivity index (χ1) is 17.6. The molecule has 13 nitrogen and oxygen atoms in total. The third-order valence-corrected chi connectivity index (χ3v) is 5.85. The number of nitrogens with zero attached hydrogens (tertiary/aromatic N) is 4. The van der Waals surface area contributed by atoms with Gasteiger partial charge in [-0.15, -0.1) is 0 Å². The lowest BCUT2D eigenvalue weighted by Gasteiger charge is -2.24. The van der Waals surface area contributed by atoms with Gasteiger partial charge in [0.25, 0.3) is 5.56 Å². The van der Waals surface area contributed by atoms with Gasteiger partial charge in [-0.2, -0.15) is 5.10 Å². The summed E-state index contributed by atoms with van der Waals surface area (Å²) in [5.74, 6) is -2.02. The fourth-order valence-electron chi connectivity index (χ4n) is 4.34. The molecule has 13 heteroatoms. The van der Waals surface area contributed by atoms with E-state index in [1.54, 1.807) is 11.7 Å². The molecular formula is C24H26N4O9. The highest BCUT2D eigenvalue weighted by atomic mass is 16.7. The van der Waals surface area contributed by atoms with Crippen LogP contribution in [0.25, 0.3) is 10.9 Å². The Labute approximate surface area is 210 Å². The zero-order chi connectivity index (χ0) is 26.9. The van der Waals surface area contributed by atoms with Gasteiger partial charge in [-0.05, 0) is 6.07 Å². The van der Waals surface area contributed by atoms with Gasteiger partial charge < -0.3 is 18.9 Å². The van der Waals surface area contributed by atoms with E-state index in [1.165, 1.54) is 19.2 Å². The van der Waals surface area contributed by atoms with Crippen molar-refractivity contribution in [2.75, 3.05) is 6.61 Å². The average Bonchev–Trinajstić information content (AvgIpc) is 3.32. The van der Waals surface area contributed by atoms with Crippen molar-refractivity contribution in [1.82, 2.24) is 18.9 Å². The maximum absolute atomic E-state index is 13.5. The minimum absolute atomic E-state index is 0.130. The maximum atomic E-state index is 13.5. The second kappa shape index (κ2) is 10.4. The Morgan fingerprint density at radius 1 is 0.973 bits per heavy atom. The fraction of sp³-hybridized carbons (Fsp3) is 0.417. The minimum Gasteiger partial charge on any atom is -0.463 e. The van der Waals surface area contributed by atoms with Crippen LogP contribution < -0.4 is 11.2 Å². The van der Waals surface area contributed by atoms with Crippen molar-refractivity contribution in [2.45, 2.75) is 51.9 Å². The number of hydrogen-bond acceptors (Lipinski definition) is 10. The molecule has 1 aliphatic heterocycles. The number of carbonyl (C=O) groups is 3. The molecule has 0 bridgehead atoms. The van der Waals surface area contributed by atoms with E-state index in [1.807, 2.05) is 24.3 Å². The molecule has 2 unspecified atom stereocenters. The summed E-state index contributed by atoms with van der Waals surface area (Å²) in [6.07, 6.45) is -3.57. The van der Waals surface area contributed by atoms with Crippen LogP contribution in [0.4, 0.5) is 0 Å². The van der Waals surface area contributed by atoms with Gasteiger partial charge in [0.1, 0.15) is 12.7 Å². The zero-order valence-corrected chi connectivity index (χ0v) is 20.7. The van der Waals surface area contributed by atoms with Gasteiger partial charge in [-0.25, -0.2) is 4.79 Å². The van der Waals surface area contributed by atoms with Crippen molar-refractivity contribution in [3.8, 4) is 0 Å². The smallest absolute Gasteiger partial charge is 0.333 e. The number of aromatic nitrogens is 4. The molecule has 196 valence electrons. The fourth-order valence-corrected chi connectivity index (χ4v) is 4.34. The summed E-state index contributed by atoms with van der Waals surface area (Å²) < 4.78 is 25.4. The molecular weight excluding hydrogens is 488 g/mol. The van der Waals surface area contributed by atoms with Crippen molar-refractivity contribution >= 4 is 28.8 Å². The second-order valence-electron chi connectivity index (χ2n) is 8.53. The predicted molar refractivity (Wildman–Crippen MR) is 126 cm³/mol. The number of ether oxygens (including phenoxy) is 4. The Bertz CT molecular complexity index is 1470. The van der Waals surface area contributed by atoms with Crippen LogP contribution in [0.2, 0.25) is 0 Å². The number of para-hydroxylation sites is 1. The lowest BCUT2D eigenvalue weighted by Crippen LogP contribution is -2.45. The summed E-state index contributed by atoms with van der Waals surface area (Å²) in [4.78, 5) is 61.3. The molecule has 4 rings (SSSR count). The molecule has 1 saturated heterocycles. The van der Waals surface area contributed by atoms with Crippen LogP contribution in [-0.2, 0) is 46.9 Å². The second-order valence-corrected chi connectivity index (χ2v) is 8.53. The van der Waals surface area contributed by atoms with E-state index >= 15 is 0 Å². The summed E-state index contributed by atoms with van der Waals surface area (Å²) >= 11 is 0. The van der Waals surface area contributed by atoms with Crippen LogP contribution in [0.1, 0.15) is 32.7 Å². The molecule has 0 aliphatic carbocycles. The van der Waals surface area contributed by atoms with E-state index in [0.717, 1.165) is 33.9 Å². The van der Waals surface area contributed by atoms with Crippen molar-refractivity contribution in [3.63, 3.8) is 0 Å². The molecule has 0 amide bonds. The van der Waals surface area contributed by atoms with Crippen molar-refractivity contribution < 1.29 is 33.3 Å². The summed E-state index contributed by atoms with van der Waals surface area (Å²) in [6.45, 7) is 3.05. The van der Waals surface area contributed by atoms with E-state index < -0.39 is 53.7 Å². The van der Waals surface area contributed by atoms with Crippen LogP contribution >= 0.6 is 0 Å². The Kier molecular flexibility index (Phi) is 7.25. The summed E-state index contributed by atoms with van der Waals surface area (Å²) in [6, 6.07) is 8.56. The van der Waals surface area contributed by atoms with E-state index in [2.05, 4.69) is 5.10 Å². The van der Waals surface area contributed by atoms with Crippen molar-refractivity contribution in [3.05, 3.63) is 63.1 Å². The molecule has 4 atom stereocenters. The Morgan fingerprint density at radius 2 is 1.65 bits per heavy atom. The van der Waals surface area contributed by atoms with Gasteiger partial charge in [-0.1, -0.05) is 18.2 Å². The van der Waals surface area contributed by atoms with Crippen LogP contribution in [0, 0.1) is 0 Å². The maximum Gasteiger partial charge on any atom is 0.333 e. The molecule has 1 aliphatic rings. The first-order valence-corrected chi connectivity index (χ1v) is 11.4. The third-order valence-electron chi connectivity index (χ3n) is 5.85. The Hall–Kier alpha value is -4.26. The molecule has 3 heterocycles. The number of fused-ring (bicyclic) bond motifs is 1. The summed E-state index contributed by atoms with van der Waals surface area (Å²) in [5.41, 5.74) is -0.0112. The molecule has 0 saturated carbocycles. The van der Waals surface area contributed by atoms with Crippen LogP contribution in [0.5, 0.6) is 0 Å². The summed E-state index contributed by atoms with van der Waals surface area (Å²) in [7, 11) is 1.76. The van der Waals surface area contributed by atoms with Crippen LogP contribution in [0.3, 0.4) is 0 Å². The first-order valence-electron chi connectivity index (χ1n) is 11.4. The van der Waals surface area contributed by atoms with E-state index in [9.17, 15) is 24.0 Å². The number of aryl methyl sites for hydroxylation is 1. The standard InChI is InChI=1S/C24H26N4O9/c1-13(29)34-12-19-21(35-14(2)30)22(36-15(3)31)23(37-19)27-10-9-20(32)28(24(27)33)11-17-16-7-5-6-8-18(16)26(4)25-17/h5-10,19,21-23H,11-12H2,1-4H3/t19-,21?,22?,23-/m1/s1. The van der Waals surface area contributed by atoms with E-state index in [-0.39, 0.29) is 13.2 Å². The quantitative estimate of drug-likeness (QED) is 0.317. The molecule has 1 fully saturated rings. The van der Waals surface area contributed by atoms with Gasteiger partial charge in [0.2, 0.25) is 0 Å². The monoisotopic (exact) mass is 514 g/mol. The van der Waals surface area contributed by atoms with Gasteiger partial charge in [0, 0.05) is 45.5 Å². The normalized spacial score (nSPS) is 21.1. The molecule has 1 aromatic carbocycles. The zero-order valence-electron chi connectivity index (χ0n) is 20.7. The predicted octanol–water partition coefficient (Wildman–Crippen LogP) is 0.269. The first kappa shape index (κ1) is 25.8. The molecule has 0 radical (unpaired) electrons.